The van der Waals surface area contributed by atoms with E-state index in [9.17, 15) is 14.7 Å². The van der Waals surface area contributed by atoms with Crippen molar-refractivity contribution in [3.63, 3.8) is 0 Å². The lowest BCUT2D eigenvalue weighted by Crippen LogP contribution is -2.44. The summed E-state index contributed by atoms with van der Waals surface area (Å²) in [4.78, 5) is 27.8. The van der Waals surface area contributed by atoms with Gasteiger partial charge in [-0.1, -0.05) is 60.7 Å². The third kappa shape index (κ3) is 4.04. The molecule has 2 atom stereocenters. The predicted molar refractivity (Wildman–Crippen MR) is 99.4 cm³/mol. The van der Waals surface area contributed by atoms with E-state index >= 15 is 0 Å². The molecule has 0 radical (unpaired) electrons. The number of hydrogen-bond acceptors (Lipinski definition) is 2. The highest BCUT2D eigenvalue weighted by atomic mass is 16.4. The Morgan fingerprint density at radius 1 is 1.12 bits per heavy atom. The topological polar surface area (TPSA) is 60.9 Å². The number of hydrogen-bond donors (Lipinski definition) is 1. The molecule has 2 amide bonds. The molecule has 1 aliphatic rings. The highest BCUT2D eigenvalue weighted by molar-refractivity contribution is 5.82. The van der Waals surface area contributed by atoms with Crippen LogP contribution in [-0.2, 0) is 17.9 Å². The number of amides is 2. The van der Waals surface area contributed by atoms with Crippen LogP contribution in [0.25, 0.3) is 0 Å². The largest absolute Gasteiger partial charge is 0.465 e. The third-order valence-corrected chi connectivity index (χ3v) is 5.07. The maximum absolute atomic E-state index is 12.8. The lowest BCUT2D eigenvalue weighted by Gasteiger charge is -2.30. The van der Waals surface area contributed by atoms with Crippen LogP contribution >= 0.6 is 0 Å². The quantitative estimate of drug-likeness (QED) is 0.864. The fourth-order valence-electron chi connectivity index (χ4n) is 3.55. The van der Waals surface area contributed by atoms with Gasteiger partial charge in [0, 0.05) is 25.7 Å². The summed E-state index contributed by atoms with van der Waals surface area (Å²) in [5.41, 5.74) is 2.02. The average molecular weight is 352 g/mol. The molecule has 0 saturated carbocycles. The highest BCUT2D eigenvalue weighted by Gasteiger charge is 2.39. The number of benzene rings is 2. The molecule has 0 bridgehead atoms. The van der Waals surface area contributed by atoms with E-state index in [4.69, 9.17) is 0 Å². The summed E-state index contributed by atoms with van der Waals surface area (Å²) in [6.07, 6.45) is -0.304. The second kappa shape index (κ2) is 8.04. The van der Waals surface area contributed by atoms with Gasteiger partial charge in [-0.05, 0) is 24.5 Å². The molecule has 1 heterocycles. The van der Waals surface area contributed by atoms with Crippen LogP contribution < -0.4 is 0 Å². The van der Waals surface area contributed by atoms with Crippen LogP contribution in [0.5, 0.6) is 0 Å². The number of rotatable bonds is 6. The van der Waals surface area contributed by atoms with E-state index in [0.717, 1.165) is 11.1 Å². The van der Waals surface area contributed by atoms with Crippen molar-refractivity contribution in [1.82, 2.24) is 9.80 Å². The Hall–Kier alpha value is -2.82. The van der Waals surface area contributed by atoms with E-state index in [-0.39, 0.29) is 17.9 Å². The molecule has 1 saturated heterocycles. The van der Waals surface area contributed by atoms with Crippen LogP contribution in [0.3, 0.4) is 0 Å². The summed E-state index contributed by atoms with van der Waals surface area (Å²) in [5.74, 6) is -0.251. The molecule has 2 aromatic carbocycles. The van der Waals surface area contributed by atoms with Crippen molar-refractivity contribution in [2.75, 3.05) is 6.54 Å². The number of carboxylic acid groups (broad SMARTS) is 1. The van der Waals surface area contributed by atoms with E-state index in [2.05, 4.69) is 0 Å². The Bertz CT molecular complexity index is 748. The second-order valence-electron chi connectivity index (χ2n) is 6.78. The van der Waals surface area contributed by atoms with Gasteiger partial charge in [-0.15, -0.1) is 0 Å². The standard InChI is InChI=1S/C21H24N2O3/c1-16(23(21(25)26)15-18-10-6-3-7-11-18)19-12-13-22(20(19)24)14-17-8-4-2-5-9-17/h2-11,16,19H,12-15H2,1H3,(H,25,26). The molecule has 136 valence electrons. The van der Waals surface area contributed by atoms with E-state index < -0.39 is 6.09 Å². The van der Waals surface area contributed by atoms with Crippen molar-refractivity contribution in [3.8, 4) is 0 Å². The summed E-state index contributed by atoms with van der Waals surface area (Å²) < 4.78 is 0. The zero-order chi connectivity index (χ0) is 18.5. The molecule has 26 heavy (non-hydrogen) atoms. The number of carbonyl (C=O) groups excluding carboxylic acids is 1. The van der Waals surface area contributed by atoms with Gasteiger partial charge in [-0.3, -0.25) is 4.79 Å². The van der Waals surface area contributed by atoms with Crippen LogP contribution in [-0.4, -0.2) is 39.5 Å². The first kappa shape index (κ1) is 18.0. The first-order chi connectivity index (χ1) is 12.6. The Morgan fingerprint density at radius 3 is 2.27 bits per heavy atom. The molecule has 1 aliphatic heterocycles. The summed E-state index contributed by atoms with van der Waals surface area (Å²) >= 11 is 0. The fraction of sp³-hybridized carbons (Fsp3) is 0.333. The fourth-order valence-corrected chi connectivity index (χ4v) is 3.55. The predicted octanol–water partition coefficient (Wildman–Crippen LogP) is 3.60. The molecule has 1 fully saturated rings. The molecule has 5 nitrogen and oxygen atoms in total. The summed E-state index contributed by atoms with van der Waals surface area (Å²) in [7, 11) is 0. The molecule has 1 N–H and O–H groups in total. The number of carbonyl (C=O) groups is 2. The second-order valence-corrected chi connectivity index (χ2v) is 6.78. The normalized spacial score (nSPS) is 18.0. The van der Waals surface area contributed by atoms with Crippen molar-refractivity contribution >= 4 is 12.0 Å². The van der Waals surface area contributed by atoms with Gasteiger partial charge in [0.1, 0.15) is 0 Å². The maximum atomic E-state index is 12.8. The lowest BCUT2D eigenvalue weighted by molar-refractivity contribution is -0.132. The van der Waals surface area contributed by atoms with Gasteiger partial charge in [0.2, 0.25) is 5.91 Å². The first-order valence-electron chi connectivity index (χ1n) is 8.92. The van der Waals surface area contributed by atoms with Crippen LogP contribution in [0.1, 0.15) is 24.5 Å². The minimum Gasteiger partial charge on any atom is -0.465 e. The Labute approximate surface area is 153 Å². The number of nitrogens with zero attached hydrogens (tertiary/aromatic N) is 2. The smallest absolute Gasteiger partial charge is 0.407 e. The van der Waals surface area contributed by atoms with Gasteiger partial charge >= 0.3 is 6.09 Å². The molecule has 0 aliphatic carbocycles. The Morgan fingerprint density at radius 2 is 1.69 bits per heavy atom. The van der Waals surface area contributed by atoms with Crippen LogP contribution in [0.4, 0.5) is 4.79 Å². The first-order valence-corrected chi connectivity index (χ1v) is 8.92. The highest BCUT2D eigenvalue weighted by Crippen LogP contribution is 2.27. The zero-order valence-electron chi connectivity index (χ0n) is 14.9. The molecule has 0 spiro atoms. The molecule has 0 aromatic heterocycles. The molecule has 5 heteroatoms. The SMILES string of the molecule is CC(C1CCN(Cc2ccccc2)C1=O)N(Cc1ccccc1)C(=O)O. The van der Waals surface area contributed by atoms with E-state index in [0.29, 0.717) is 26.1 Å². The van der Waals surface area contributed by atoms with Gasteiger partial charge in [0.15, 0.2) is 0 Å². The lowest BCUT2D eigenvalue weighted by atomic mass is 9.98. The van der Waals surface area contributed by atoms with Crippen molar-refractivity contribution in [2.24, 2.45) is 5.92 Å². The molecule has 2 aromatic rings. The van der Waals surface area contributed by atoms with Crippen molar-refractivity contribution < 1.29 is 14.7 Å². The van der Waals surface area contributed by atoms with Gasteiger partial charge < -0.3 is 14.9 Å². The monoisotopic (exact) mass is 352 g/mol. The minimum atomic E-state index is -0.990. The van der Waals surface area contributed by atoms with Crippen LogP contribution in [0.2, 0.25) is 0 Å². The van der Waals surface area contributed by atoms with E-state index in [1.54, 1.807) is 0 Å². The van der Waals surface area contributed by atoms with Gasteiger partial charge in [-0.25, -0.2) is 4.79 Å². The van der Waals surface area contributed by atoms with E-state index in [1.165, 1.54) is 4.90 Å². The maximum Gasteiger partial charge on any atom is 0.407 e. The molecular weight excluding hydrogens is 328 g/mol. The van der Waals surface area contributed by atoms with Crippen molar-refractivity contribution in [3.05, 3.63) is 71.8 Å². The number of likely N-dealkylation sites (tertiary alicyclic amines) is 1. The Kier molecular flexibility index (Phi) is 5.56. The van der Waals surface area contributed by atoms with Crippen LogP contribution in [0, 0.1) is 5.92 Å². The van der Waals surface area contributed by atoms with Crippen LogP contribution in [0.15, 0.2) is 60.7 Å². The average Bonchev–Trinajstić information content (AvgIpc) is 3.01. The zero-order valence-corrected chi connectivity index (χ0v) is 14.9. The Balaban J connectivity index is 1.68. The summed E-state index contributed by atoms with van der Waals surface area (Å²) in [5, 5.41) is 9.65. The van der Waals surface area contributed by atoms with Crippen molar-refractivity contribution in [1.29, 1.82) is 0 Å². The van der Waals surface area contributed by atoms with Gasteiger partial charge in [-0.2, -0.15) is 0 Å². The molecule has 2 unspecified atom stereocenters. The molecular formula is C21H24N2O3. The third-order valence-electron chi connectivity index (χ3n) is 5.07. The van der Waals surface area contributed by atoms with Gasteiger partial charge in [0.25, 0.3) is 0 Å². The van der Waals surface area contributed by atoms with Crippen molar-refractivity contribution in [2.45, 2.75) is 32.5 Å². The minimum absolute atomic E-state index is 0.0423. The molecule has 3 rings (SSSR count). The summed E-state index contributed by atoms with van der Waals surface area (Å²) in [6.45, 7) is 3.38. The van der Waals surface area contributed by atoms with E-state index in [1.807, 2.05) is 72.5 Å². The van der Waals surface area contributed by atoms with Gasteiger partial charge in [0.05, 0.1) is 5.92 Å². The summed E-state index contributed by atoms with van der Waals surface area (Å²) in [6, 6.07) is 19.0.